The standard InChI is InChI=1S/C48H30N4/c1-49-36-19-13-21-38(31-36)51-45-25-11-9-23-41(45)47-46(51)27-26-40-39-22-8-10-24-44(39)52(48(40)47)37-20-12-18-34(28-37)35-29-42(32-14-4-2-5-15-32)50-43(30-35)33-16-6-3-7-17-33/h2-31H. The van der Waals surface area contributed by atoms with E-state index in [9.17, 15) is 0 Å². The summed E-state index contributed by atoms with van der Waals surface area (Å²) in [6.07, 6.45) is 0. The van der Waals surface area contributed by atoms with Crippen molar-refractivity contribution < 1.29 is 0 Å². The predicted molar refractivity (Wildman–Crippen MR) is 215 cm³/mol. The second-order valence-electron chi connectivity index (χ2n) is 13.1. The van der Waals surface area contributed by atoms with Crippen LogP contribution in [0.4, 0.5) is 5.69 Å². The molecule has 0 fully saturated rings. The van der Waals surface area contributed by atoms with Gasteiger partial charge in [-0.25, -0.2) is 9.83 Å². The summed E-state index contributed by atoms with van der Waals surface area (Å²) in [7, 11) is 0. The molecule has 10 aromatic rings. The lowest BCUT2D eigenvalue weighted by molar-refractivity contribution is 1.17. The average molecular weight is 663 g/mol. The zero-order chi connectivity index (χ0) is 34.6. The van der Waals surface area contributed by atoms with Gasteiger partial charge >= 0.3 is 0 Å². The average Bonchev–Trinajstić information content (AvgIpc) is 3.74. The molecular formula is C48H30N4. The van der Waals surface area contributed by atoms with Gasteiger partial charge in [-0.2, -0.15) is 0 Å². The molecule has 3 heterocycles. The first kappa shape index (κ1) is 29.7. The van der Waals surface area contributed by atoms with Gasteiger partial charge in [-0.3, -0.25) is 0 Å². The second-order valence-corrected chi connectivity index (χ2v) is 13.1. The van der Waals surface area contributed by atoms with Crippen LogP contribution in [0.1, 0.15) is 0 Å². The topological polar surface area (TPSA) is 27.1 Å². The van der Waals surface area contributed by atoms with Crippen molar-refractivity contribution in [2.75, 3.05) is 0 Å². The highest BCUT2D eigenvalue weighted by Crippen LogP contribution is 2.42. The van der Waals surface area contributed by atoms with Gasteiger partial charge in [0.2, 0.25) is 0 Å². The van der Waals surface area contributed by atoms with Gasteiger partial charge in [0.1, 0.15) is 0 Å². The molecule has 4 heteroatoms. The SMILES string of the molecule is [C-]#[N+]c1cccc(-n2c3ccccc3c3c2ccc2c4ccccc4n(-c4cccc(-c5cc(-c6ccccc6)nc(-c6ccccc6)c5)c4)c23)c1. The molecule has 0 aliphatic rings. The van der Waals surface area contributed by atoms with Crippen LogP contribution in [0.3, 0.4) is 0 Å². The van der Waals surface area contributed by atoms with E-state index in [2.05, 4.69) is 166 Å². The van der Waals surface area contributed by atoms with Crippen LogP contribution >= 0.6 is 0 Å². The summed E-state index contributed by atoms with van der Waals surface area (Å²) in [6.45, 7) is 7.68. The van der Waals surface area contributed by atoms with Crippen LogP contribution in [0, 0.1) is 6.57 Å². The van der Waals surface area contributed by atoms with Crippen molar-refractivity contribution in [2.45, 2.75) is 0 Å². The van der Waals surface area contributed by atoms with E-state index >= 15 is 0 Å². The Balaban J connectivity index is 1.25. The van der Waals surface area contributed by atoms with E-state index in [0.29, 0.717) is 5.69 Å². The fourth-order valence-electron chi connectivity index (χ4n) is 7.79. The van der Waals surface area contributed by atoms with Crippen molar-refractivity contribution in [2.24, 2.45) is 0 Å². The number of nitrogens with zero attached hydrogens (tertiary/aromatic N) is 4. The summed E-state index contributed by atoms with van der Waals surface area (Å²) in [5.41, 5.74) is 13.5. The second kappa shape index (κ2) is 12.0. The summed E-state index contributed by atoms with van der Waals surface area (Å²) >= 11 is 0. The van der Waals surface area contributed by atoms with E-state index in [4.69, 9.17) is 11.6 Å². The molecule has 0 saturated carbocycles. The van der Waals surface area contributed by atoms with E-state index in [1.807, 2.05) is 30.3 Å². The van der Waals surface area contributed by atoms with E-state index in [1.54, 1.807) is 0 Å². The Hall–Kier alpha value is -7.22. The van der Waals surface area contributed by atoms with Crippen molar-refractivity contribution in [1.82, 2.24) is 14.1 Å². The van der Waals surface area contributed by atoms with Crippen molar-refractivity contribution in [3.05, 3.63) is 193 Å². The molecular weight excluding hydrogens is 633 g/mol. The molecule has 0 aliphatic carbocycles. The molecule has 242 valence electrons. The Morgan fingerprint density at radius 2 is 0.981 bits per heavy atom. The minimum absolute atomic E-state index is 0.623. The maximum atomic E-state index is 7.68. The summed E-state index contributed by atoms with van der Waals surface area (Å²) in [5, 5.41) is 4.77. The molecule has 0 N–H and O–H groups in total. The first-order valence-electron chi connectivity index (χ1n) is 17.4. The van der Waals surface area contributed by atoms with E-state index in [-0.39, 0.29) is 0 Å². The van der Waals surface area contributed by atoms with Crippen LogP contribution in [0.25, 0.3) is 93.5 Å². The molecule has 0 radical (unpaired) electrons. The molecule has 0 aliphatic heterocycles. The zero-order valence-corrected chi connectivity index (χ0v) is 28.1. The van der Waals surface area contributed by atoms with E-state index < -0.39 is 0 Å². The Bertz CT molecular complexity index is 2960. The molecule has 0 atom stereocenters. The largest absolute Gasteiger partial charge is 0.310 e. The highest BCUT2D eigenvalue weighted by atomic mass is 15.0. The summed E-state index contributed by atoms with van der Waals surface area (Å²) < 4.78 is 4.73. The Morgan fingerprint density at radius 1 is 0.404 bits per heavy atom. The number of pyridine rings is 1. The van der Waals surface area contributed by atoms with Crippen molar-refractivity contribution in [1.29, 1.82) is 0 Å². The Labute approximate surface area is 300 Å². The number of fused-ring (bicyclic) bond motifs is 7. The lowest BCUT2D eigenvalue weighted by Crippen LogP contribution is -1.96. The third-order valence-corrected chi connectivity index (χ3v) is 10.1. The Morgan fingerprint density at radius 3 is 1.67 bits per heavy atom. The maximum absolute atomic E-state index is 7.68. The predicted octanol–water partition coefficient (Wildman–Crippen LogP) is 12.8. The monoisotopic (exact) mass is 662 g/mol. The van der Waals surface area contributed by atoms with Crippen LogP contribution in [0.15, 0.2) is 182 Å². The number of aromatic nitrogens is 3. The fraction of sp³-hybridized carbons (Fsp3) is 0. The smallest absolute Gasteiger partial charge is 0.189 e. The Kier molecular flexibility index (Phi) is 6.84. The summed E-state index contributed by atoms with van der Waals surface area (Å²) in [6, 6.07) is 63.8. The first-order valence-corrected chi connectivity index (χ1v) is 17.4. The molecule has 0 unspecified atom stereocenters. The van der Waals surface area contributed by atoms with Gasteiger partial charge in [-0.05, 0) is 65.7 Å². The number of hydrogen-bond donors (Lipinski definition) is 0. The minimum atomic E-state index is 0.623. The number of rotatable bonds is 5. The van der Waals surface area contributed by atoms with Gasteiger partial charge < -0.3 is 9.13 Å². The van der Waals surface area contributed by atoms with Crippen molar-refractivity contribution in [3.63, 3.8) is 0 Å². The van der Waals surface area contributed by atoms with E-state index in [0.717, 1.165) is 67.1 Å². The summed E-state index contributed by atoms with van der Waals surface area (Å²) in [5.74, 6) is 0. The highest BCUT2D eigenvalue weighted by molar-refractivity contribution is 6.26. The fourth-order valence-corrected chi connectivity index (χ4v) is 7.79. The molecule has 4 nitrogen and oxygen atoms in total. The third-order valence-electron chi connectivity index (χ3n) is 10.1. The highest BCUT2D eigenvalue weighted by Gasteiger charge is 2.21. The minimum Gasteiger partial charge on any atom is -0.310 e. The third kappa shape index (κ3) is 4.72. The van der Waals surface area contributed by atoms with Gasteiger partial charge in [-0.1, -0.05) is 127 Å². The number of hydrogen-bond acceptors (Lipinski definition) is 1. The zero-order valence-electron chi connectivity index (χ0n) is 28.1. The molecule has 3 aromatic heterocycles. The van der Waals surface area contributed by atoms with Gasteiger partial charge in [0.25, 0.3) is 0 Å². The lowest BCUT2D eigenvalue weighted by atomic mass is 9.99. The van der Waals surface area contributed by atoms with Crippen LogP contribution in [-0.2, 0) is 0 Å². The number of para-hydroxylation sites is 2. The van der Waals surface area contributed by atoms with Gasteiger partial charge in [0.15, 0.2) is 5.69 Å². The molecule has 0 bridgehead atoms. The lowest BCUT2D eigenvalue weighted by Gasteiger charge is -2.13. The first-order chi connectivity index (χ1) is 25.7. The molecule has 0 spiro atoms. The van der Waals surface area contributed by atoms with Gasteiger partial charge in [0, 0.05) is 44.0 Å². The molecule has 7 aromatic carbocycles. The van der Waals surface area contributed by atoms with Crippen LogP contribution < -0.4 is 0 Å². The van der Waals surface area contributed by atoms with Crippen LogP contribution in [-0.4, -0.2) is 14.1 Å². The van der Waals surface area contributed by atoms with Crippen molar-refractivity contribution in [3.8, 4) is 45.0 Å². The van der Waals surface area contributed by atoms with Crippen LogP contribution in [0.5, 0.6) is 0 Å². The molecule has 10 rings (SSSR count). The van der Waals surface area contributed by atoms with Gasteiger partial charge in [0.05, 0.1) is 40.0 Å². The van der Waals surface area contributed by atoms with Gasteiger partial charge in [-0.15, -0.1) is 0 Å². The van der Waals surface area contributed by atoms with E-state index in [1.165, 1.54) is 21.5 Å². The van der Waals surface area contributed by atoms with Crippen molar-refractivity contribution >= 4 is 49.3 Å². The summed E-state index contributed by atoms with van der Waals surface area (Å²) in [4.78, 5) is 8.87. The quantitative estimate of drug-likeness (QED) is 0.169. The maximum Gasteiger partial charge on any atom is 0.189 e. The molecule has 0 amide bonds. The van der Waals surface area contributed by atoms with Crippen LogP contribution in [0.2, 0.25) is 0 Å². The normalized spacial score (nSPS) is 11.4. The number of benzene rings is 7. The molecule has 52 heavy (non-hydrogen) atoms. The molecule has 0 saturated heterocycles.